The molecule has 0 bridgehead atoms. The molecule has 0 aliphatic carbocycles. The lowest BCUT2D eigenvalue weighted by atomic mass is 9.96. The van der Waals surface area contributed by atoms with Gasteiger partial charge in [0.05, 0.1) is 18.8 Å². The van der Waals surface area contributed by atoms with E-state index in [2.05, 4.69) is 13.5 Å². The van der Waals surface area contributed by atoms with Crippen LogP contribution < -0.4 is 14.2 Å². The van der Waals surface area contributed by atoms with E-state index in [1.54, 1.807) is 7.11 Å². The van der Waals surface area contributed by atoms with Crippen molar-refractivity contribution in [2.45, 2.75) is 129 Å². The highest BCUT2D eigenvalue weighted by Crippen LogP contribution is 2.47. The van der Waals surface area contributed by atoms with E-state index < -0.39 is 6.10 Å². The van der Waals surface area contributed by atoms with Crippen LogP contribution in [0.1, 0.15) is 133 Å². The van der Waals surface area contributed by atoms with Crippen molar-refractivity contribution < 1.29 is 19.3 Å². The Morgan fingerprint density at radius 3 is 1.91 bits per heavy atom. The monoisotopic (exact) mass is 474 g/mol. The van der Waals surface area contributed by atoms with E-state index in [0.29, 0.717) is 30.1 Å². The third kappa shape index (κ3) is 9.90. The van der Waals surface area contributed by atoms with Gasteiger partial charge in [-0.15, -0.1) is 6.58 Å². The van der Waals surface area contributed by atoms with Crippen LogP contribution in [-0.4, -0.2) is 19.0 Å². The second-order valence-electron chi connectivity index (χ2n) is 9.82. The predicted octanol–water partition coefficient (Wildman–Crippen LogP) is 8.84. The molecule has 0 aromatic heterocycles. The van der Waals surface area contributed by atoms with Gasteiger partial charge in [-0.2, -0.15) is 0 Å². The number of allylic oxidation sites excluding steroid dienone is 1. The van der Waals surface area contributed by atoms with Crippen molar-refractivity contribution in [3.63, 3.8) is 0 Å². The number of aliphatic hydroxyl groups excluding tert-OH is 1. The van der Waals surface area contributed by atoms with E-state index in [1.807, 2.05) is 12.1 Å². The van der Waals surface area contributed by atoms with Crippen molar-refractivity contribution in [1.29, 1.82) is 0 Å². The van der Waals surface area contributed by atoms with E-state index in [1.165, 1.54) is 89.9 Å². The summed E-state index contributed by atoms with van der Waals surface area (Å²) in [6, 6.07) is 1.94. The molecule has 1 aromatic rings. The van der Waals surface area contributed by atoms with E-state index in [-0.39, 0.29) is 6.79 Å². The molecule has 1 aliphatic heterocycles. The Bertz CT molecular complexity index is 685. The van der Waals surface area contributed by atoms with E-state index in [4.69, 9.17) is 14.2 Å². The maximum Gasteiger partial charge on any atom is 0.231 e. The van der Waals surface area contributed by atoms with Crippen LogP contribution >= 0.6 is 0 Å². The van der Waals surface area contributed by atoms with Gasteiger partial charge in [0.15, 0.2) is 11.5 Å². The average molecular weight is 475 g/mol. The van der Waals surface area contributed by atoms with Gasteiger partial charge >= 0.3 is 0 Å². The Hall–Kier alpha value is -1.68. The van der Waals surface area contributed by atoms with E-state index in [9.17, 15) is 5.11 Å². The molecule has 0 spiro atoms. The molecule has 1 aliphatic rings. The summed E-state index contributed by atoms with van der Waals surface area (Å²) in [6.07, 6.45) is 24.2. The fourth-order valence-corrected chi connectivity index (χ4v) is 4.99. The first-order valence-electron chi connectivity index (χ1n) is 14.0. The number of hydrogen-bond acceptors (Lipinski definition) is 4. The van der Waals surface area contributed by atoms with Crippen LogP contribution in [0.15, 0.2) is 18.7 Å². The SMILES string of the molecule is C=CCc1cc2c(c(C(O)CCCCCCCCCCCCCCCCCC)c1OC)OCO2. The summed E-state index contributed by atoms with van der Waals surface area (Å²) in [7, 11) is 1.65. The number of ether oxygens (including phenoxy) is 3. The summed E-state index contributed by atoms with van der Waals surface area (Å²) in [5.41, 5.74) is 1.71. The molecule has 0 saturated heterocycles. The second kappa shape index (κ2) is 17.7. The molecule has 34 heavy (non-hydrogen) atoms. The lowest BCUT2D eigenvalue weighted by Crippen LogP contribution is -2.05. The molecule has 1 atom stereocenters. The van der Waals surface area contributed by atoms with Gasteiger partial charge in [0.1, 0.15) is 5.75 Å². The molecular weight excluding hydrogens is 424 g/mol. The summed E-state index contributed by atoms with van der Waals surface area (Å²) in [5.74, 6) is 2.03. The largest absolute Gasteiger partial charge is 0.496 e. The zero-order valence-electron chi connectivity index (χ0n) is 22.0. The van der Waals surface area contributed by atoms with Gasteiger partial charge < -0.3 is 19.3 Å². The van der Waals surface area contributed by atoms with Crippen molar-refractivity contribution in [2.75, 3.05) is 13.9 Å². The third-order valence-electron chi connectivity index (χ3n) is 6.96. The van der Waals surface area contributed by atoms with Crippen molar-refractivity contribution in [3.05, 3.63) is 29.8 Å². The molecule has 0 radical (unpaired) electrons. The van der Waals surface area contributed by atoms with Crippen LogP contribution in [0.2, 0.25) is 0 Å². The first-order chi connectivity index (χ1) is 16.7. The van der Waals surface area contributed by atoms with Crippen LogP contribution in [0.3, 0.4) is 0 Å². The molecule has 2 rings (SSSR count). The minimum atomic E-state index is -0.609. The average Bonchev–Trinajstić information content (AvgIpc) is 3.31. The van der Waals surface area contributed by atoms with Crippen LogP contribution in [-0.2, 0) is 6.42 Å². The molecule has 0 amide bonds. The van der Waals surface area contributed by atoms with Crippen molar-refractivity contribution in [3.8, 4) is 17.2 Å². The standard InChI is InChI=1S/C30H50O4/c1-4-6-7-8-9-10-11-12-13-14-15-16-17-18-19-20-22-26(31)28-29(32-3)25(21-5-2)23-27-30(28)34-24-33-27/h5,23,26,31H,2,4,6-22,24H2,1,3H3. The molecule has 1 aromatic carbocycles. The highest BCUT2D eigenvalue weighted by atomic mass is 16.7. The second-order valence-corrected chi connectivity index (χ2v) is 9.82. The molecular formula is C30H50O4. The molecule has 194 valence electrons. The molecule has 0 fully saturated rings. The zero-order valence-corrected chi connectivity index (χ0v) is 22.0. The van der Waals surface area contributed by atoms with E-state index >= 15 is 0 Å². The Balaban J connectivity index is 1.56. The highest BCUT2D eigenvalue weighted by Gasteiger charge is 2.28. The van der Waals surface area contributed by atoms with Gasteiger partial charge in [0, 0.05) is 5.56 Å². The smallest absolute Gasteiger partial charge is 0.231 e. The summed E-state index contributed by atoms with van der Waals surface area (Å²) in [5, 5.41) is 11.0. The number of benzene rings is 1. The Kier molecular flexibility index (Phi) is 14.9. The fourth-order valence-electron chi connectivity index (χ4n) is 4.99. The normalized spacial score (nSPS) is 13.3. The first-order valence-corrected chi connectivity index (χ1v) is 14.0. The van der Waals surface area contributed by atoms with E-state index in [0.717, 1.165) is 24.0 Å². The van der Waals surface area contributed by atoms with Crippen LogP contribution in [0.5, 0.6) is 17.2 Å². The minimum absolute atomic E-state index is 0.189. The number of aliphatic hydroxyl groups is 1. The third-order valence-corrected chi connectivity index (χ3v) is 6.96. The van der Waals surface area contributed by atoms with Gasteiger partial charge in [0.25, 0.3) is 0 Å². The predicted molar refractivity (Wildman–Crippen MR) is 142 cm³/mol. The molecule has 0 saturated carbocycles. The van der Waals surface area contributed by atoms with Crippen molar-refractivity contribution in [1.82, 2.24) is 0 Å². The Labute approximate surface area is 209 Å². The zero-order chi connectivity index (χ0) is 24.4. The number of hydrogen-bond donors (Lipinski definition) is 1. The summed E-state index contributed by atoms with van der Waals surface area (Å²) < 4.78 is 16.9. The molecule has 4 nitrogen and oxygen atoms in total. The maximum atomic E-state index is 11.0. The number of unbranched alkanes of at least 4 members (excludes halogenated alkanes) is 15. The van der Waals surface area contributed by atoms with Gasteiger partial charge in [-0.3, -0.25) is 0 Å². The van der Waals surface area contributed by atoms with Crippen LogP contribution in [0, 0.1) is 0 Å². The number of methoxy groups -OCH3 is 1. The van der Waals surface area contributed by atoms with Gasteiger partial charge in [0.2, 0.25) is 6.79 Å². The lowest BCUT2D eigenvalue weighted by molar-refractivity contribution is 0.146. The summed E-state index contributed by atoms with van der Waals surface area (Å²) in [4.78, 5) is 0. The molecule has 1 N–H and O–H groups in total. The Morgan fingerprint density at radius 2 is 1.41 bits per heavy atom. The summed E-state index contributed by atoms with van der Waals surface area (Å²) in [6.45, 7) is 6.31. The number of fused-ring (bicyclic) bond motifs is 1. The van der Waals surface area contributed by atoms with Crippen LogP contribution in [0.4, 0.5) is 0 Å². The van der Waals surface area contributed by atoms with Gasteiger partial charge in [-0.25, -0.2) is 0 Å². The quantitative estimate of drug-likeness (QED) is 0.143. The highest BCUT2D eigenvalue weighted by molar-refractivity contribution is 5.60. The Morgan fingerprint density at radius 1 is 0.882 bits per heavy atom. The van der Waals surface area contributed by atoms with Crippen molar-refractivity contribution in [2.24, 2.45) is 0 Å². The minimum Gasteiger partial charge on any atom is -0.496 e. The number of rotatable bonds is 21. The first kappa shape index (κ1) is 28.6. The summed E-state index contributed by atoms with van der Waals surface area (Å²) >= 11 is 0. The maximum absolute atomic E-state index is 11.0. The fraction of sp³-hybridized carbons (Fsp3) is 0.733. The van der Waals surface area contributed by atoms with Crippen molar-refractivity contribution >= 4 is 0 Å². The lowest BCUT2D eigenvalue weighted by Gasteiger charge is -2.19. The molecule has 1 heterocycles. The molecule has 4 heteroatoms. The van der Waals surface area contributed by atoms with Gasteiger partial charge in [-0.05, 0) is 18.9 Å². The van der Waals surface area contributed by atoms with Crippen LogP contribution in [0.25, 0.3) is 0 Å². The topological polar surface area (TPSA) is 47.9 Å². The van der Waals surface area contributed by atoms with Gasteiger partial charge in [-0.1, -0.05) is 116 Å². The molecule has 1 unspecified atom stereocenters.